The molecule has 0 aliphatic carbocycles. The fourth-order valence-electron chi connectivity index (χ4n) is 4.25. The van der Waals surface area contributed by atoms with E-state index in [4.69, 9.17) is 5.73 Å². The second-order valence-electron chi connectivity index (χ2n) is 8.72. The van der Waals surface area contributed by atoms with Crippen molar-refractivity contribution >= 4 is 45.9 Å². The number of rotatable bonds is 6. The first kappa shape index (κ1) is 23.8. The molecule has 0 spiro atoms. The van der Waals surface area contributed by atoms with Gasteiger partial charge in [-0.2, -0.15) is 15.2 Å². The van der Waals surface area contributed by atoms with Crippen LogP contribution in [0.2, 0.25) is 0 Å². The highest BCUT2D eigenvalue weighted by molar-refractivity contribution is 5.99. The first-order valence-corrected chi connectivity index (χ1v) is 11.7. The van der Waals surface area contributed by atoms with Crippen LogP contribution in [0.5, 0.6) is 0 Å². The number of carbonyl (C=O) groups is 1. The lowest BCUT2D eigenvalue weighted by Gasteiger charge is -2.34. The molecule has 1 fully saturated rings. The number of hydrogen-bond donors (Lipinski definition) is 3. The molecule has 0 saturated carbocycles. The molecule has 1 aliphatic heterocycles. The van der Waals surface area contributed by atoms with E-state index >= 15 is 0 Å². The van der Waals surface area contributed by atoms with Gasteiger partial charge in [0.15, 0.2) is 17.0 Å². The number of nitrogens with two attached hydrogens (primary N) is 1. The van der Waals surface area contributed by atoms with Crippen molar-refractivity contribution in [2.24, 2.45) is 0 Å². The molecule has 11 heteroatoms. The Bertz CT molecular complexity index is 1530. The van der Waals surface area contributed by atoms with Crippen LogP contribution in [0.4, 0.5) is 28.8 Å². The summed E-state index contributed by atoms with van der Waals surface area (Å²) in [6, 6.07) is 15.2. The molecule has 0 radical (unpaired) electrons. The van der Waals surface area contributed by atoms with Gasteiger partial charge in [-0.3, -0.25) is 9.36 Å². The van der Waals surface area contributed by atoms with Crippen molar-refractivity contribution in [1.29, 1.82) is 5.26 Å². The van der Waals surface area contributed by atoms with Gasteiger partial charge in [0, 0.05) is 37.6 Å². The van der Waals surface area contributed by atoms with Crippen molar-refractivity contribution in [1.82, 2.24) is 24.4 Å². The topological polar surface area (TPSA) is 141 Å². The van der Waals surface area contributed by atoms with Crippen LogP contribution in [-0.4, -0.2) is 63.6 Å². The van der Waals surface area contributed by atoms with E-state index in [2.05, 4.69) is 55.1 Å². The van der Waals surface area contributed by atoms with Gasteiger partial charge in [0.05, 0.1) is 16.9 Å². The predicted octanol–water partition coefficient (Wildman–Crippen LogP) is 2.89. The quantitative estimate of drug-likeness (QED) is 0.345. The number of carbonyl (C=O) groups excluding carboxylic acids is 1. The molecule has 2 aromatic carbocycles. The van der Waals surface area contributed by atoms with E-state index in [-0.39, 0.29) is 17.7 Å². The number of nitrogens with one attached hydrogen (secondary N) is 2. The average Bonchev–Trinajstić information content (AvgIpc) is 3.34. The van der Waals surface area contributed by atoms with Crippen molar-refractivity contribution < 1.29 is 4.79 Å². The Labute approximate surface area is 213 Å². The Kier molecular flexibility index (Phi) is 6.40. The lowest BCUT2D eigenvalue weighted by atomic mass is 10.1. The van der Waals surface area contributed by atoms with Gasteiger partial charge in [-0.15, -0.1) is 0 Å². The maximum atomic E-state index is 11.7. The van der Waals surface area contributed by atoms with Crippen molar-refractivity contribution in [3.63, 3.8) is 0 Å². The molecular weight excluding hydrogens is 468 g/mol. The highest BCUT2D eigenvalue weighted by Gasteiger charge is 2.18. The van der Waals surface area contributed by atoms with E-state index in [0.717, 1.165) is 37.6 Å². The summed E-state index contributed by atoms with van der Waals surface area (Å²) in [6.45, 7) is 7.13. The first-order chi connectivity index (χ1) is 17.9. The van der Waals surface area contributed by atoms with E-state index in [1.54, 1.807) is 29.1 Å². The smallest absolute Gasteiger partial charge is 0.247 e. The number of imidazole rings is 1. The summed E-state index contributed by atoms with van der Waals surface area (Å²) in [4.78, 5) is 29.6. The SMILES string of the molecule is C=CC(=O)Nc1cccc(-n2cnc3c(N)nc(Nc4ccc(N5CCN(C)CC5)c(C#N)c4)nc32)c1. The number of nitriles is 1. The van der Waals surface area contributed by atoms with Crippen LogP contribution in [0.25, 0.3) is 16.9 Å². The minimum atomic E-state index is -0.305. The van der Waals surface area contributed by atoms with Crippen LogP contribution in [0, 0.1) is 11.3 Å². The number of nitrogens with zero attached hydrogens (tertiary/aromatic N) is 7. The Morgan fingerprint density at radius 1 is 1.14 bits per heavy atom. The largest absolute Gasteiger partial charge is 0.382 e. The Hall–Kier alpha value is -4.95. The third-order valence-electron chi connectivity index (χ3n) is 6.22. The number of aromatic nitrogens is 4. The number of fused-ring (bicyclic) bond motifs is 1. The van der Waals surface area contributed by atoms with E-state index in [1.165, 1.54) is 6.08 Å². The van der Waals surface area contributed by atoms with Crippen LogP contribution in [-0.2, 0) is 4.79 Å². The minimum Gasteiger partial charge on any atom is -0.382 e. The summed E-state index contributed by atoms with van der Waals surface area (Å²) in [5.74, 6) is 0.192. The molecule has 0 bridgehead atoms. The highest BCUT2D eigenvalue weighted by atomic mass is 16.1. The first-order valence-electron chi connectivity index (χ1n) is 11.7. The van der Waals surface area contributed by atoms with Crippen molar-refractivity contribution in [2.45, 2.75) is 0 Å². The minimum absolute atomic E-state index is 0.219. The van der Waals surface area contributed by atoms with E-state index in [1.807, 2.05) is 24.3 Å². The zero-order chi connectivity index (χ0) is 25.9. The average molecular weight is 495 g/mol. The molecule has 4 aromatic rings. The normalized spacial score (nSPS) is 13.8. The summed E-state index contributed by atoms with van der Waals surface area (Å²) < 4.78 is 1.76. The number of likely N-dealkylation sites (N-methyl/N-ethyl adjacent to an activating group) is 1. The van der Waals surface area contributed by atoms with Crippen LogP contribution >= 0.6 is 0 Å². The molecule has 1 amide bonds. The maximum Gasteiger partial charge on any atom is 0.247 e. The molecule has 186 valence electrons. The van der Waals surface area contributed by atoms with E-state index < -0.39 is 0 Å². The zero-order valence-corrected chi connectivity index (χ0v) is 20.3. The number of piperazine rings is 1. The monoisotopic (exact) mass is 494 g/mol. The van der Waals surface area contributed by atoms with Crippen molar-refractivity contribution in [3.05, 3.63) is 67.0 Å². The molecule has 37 heavy (non-hydrogen) atoms. The predicted molar refractivity (Wildman–Crippen MR) is 144 cm³/mol. The van der Waals surface area contributed by atoms with Gasteiger partial charge in [0.25, 0.3) is 0 Å². The molecular formula is C26H26N10O. The number of anilines is 5. The number of hydrogen-bond acceptors (Lipinski definition) is 9. The fourth-order valence-corrected chi connectivity index (χ4v) is 4.25. The van der Waals surface area contributed by atoms with Gasteiger partial charge in [-0.1, -0.05) is 12.6 Å². The van der Waals surface area contributed by atoms with Gasteiger partial charge in [0.1, 0.15) is 12.4 Å². The van der Waals surface area contributed by atoms with Crippen molar-refractivity contribution in [3.8, 4) is 11.8 Å². The van der Waals surface area contributed by atoms with E-state index in [0.29, 0.717) is 28.1 Å². The van der Waals surface area contributed by atoms with E-state index in [9.17, 15) is 10.1 Å². The summed E-state index contributed by atoms with van der Waals surface area (Å²) in [5.41, 5.74) is 10.7. The van der Waals surface area contributed by atoms with Gasteiger partial charge < -0.3 is 26.2 Å². The molecule has 1 aliphatic rings. The van der Waals surface area contributed by atoms with Crippen molar-refractivity contribution in [2.75, 3.05) is 54.5 Å². The van der Waals surface area contributed by atoms with Crippen LogP contribution < -0.4 is 21.3 Å². The molecule has 4 N–H and O–H groups in total. The standard InChI is InChI=1S/C26H26N10O/c1-3-22(37)30-18-5-4-6-20(14-18)36-16-29-23-24(28)32-26(33-25(23)36)31-19-7-8-21(17(13-19)15-27)35-11-9-34(2)10-12-35/h3-8,13-14,16H,1,9-12H2,2H3,(H,30,37)(H3,28,31,32,33). The maximum absolute atomic E-state index is 11.7. The van der Waals surface area contributed by atoms with Gasteiger partial charge in [0.2, 0.25) is 11.9 Å². The fraction of sp³-hybridized carbons (Fsp3) is 0.192. The number of nitrogen functional groups attached to an aromatic ring is 1. The Morgan fingerprint density at radius 2 is 1.95 bits per heavy atom. The third-order valence-corrected chi connectivity index (χ3v) is 6.22. The zero-order valence-electron chi connectivity index (χ0n) is 20.3. The number of amides is 1. The third kappa shape index (κ3) is 4.91. The number of benzene rings is 2. The second-order valence-corrected chi connectivity index (χ2v) is 8.72. The van der Waals surface area contributed by atoms with Crippen LogP contribution in [0.15, 0.2) is 61.4 Å². The molecule has 11 nitrogen and oxygen atoms in total. The molecule has 5 rings (SSSR count). The molecule has 0 atom stereocenters. The van der Waals surface area contributed by atoms with Crippen LogP contribution in [0.3, 0.4) is 0 Å². The highest BCUT2D eigenvalue weighted by Crippen LogP contribution is 2.28. The molecule has 1 saturated heterocycles. The molecule has 0 unspecified atom stereocenters. The van der Waals surface area contributed by atoms with Crippen LogP contribution in [0.1, 0.15) is 5.56 Å². The molecule has 2 aromatic heterocycles. The second kappa shape index (κ2) is 9.96. The van der Waals surface area contributed by atoms with Gasteiger partial charge in [-0.25, -0.2) is 4.98 Å². The summed E-state index contributed by atoms with van der Waals surface area (Å²) >= 11 is 0. The van der Waals surface area contributed by atoms with Gasteiger partial charge in [-0.05, 0) is 49.5 Å². The lowest BCUT2D eigenvalue weighted by molar-refractivity contribution is -0.111. The Balaban J connectivity index is 1.44. The lowest BCUT2D eigenvalue weighted by Crippen LogP contribution is -2.44. The molecule has 3 heterocycles. The van der Waals surface area contributed by atoms with Gasteiger partial charge >= 0.3 is 0 Å². The summed E-state index contributed by atoms with van der Waals surface area (Å²) in [7, 11) is 2.10. The Morgan fingerprint density at radius 3 is 2.70 bits per heavy atom. The summed E-state index contributed by atoms with van der Waals surface area (Å²) in [5, 5.41) is 15.7. The summed E-state index contributed by atoms with van der Waals surface area (Å²) in [6.07, 6.45) is 2.81.